The van der Waals surface area contributed by atoms with Crippen LogP contribution in [0.2, 0.25) is 0 Å². The smallest absolute Gasteiger partial charge is 0.249 e. The standard InChI is InChI=1S/C59H43NO/c60-59(61)55-23-13-22-54(52-36-32-46(33-37-52)44-28-24-42(25-29-44)40-56(48-14-5-1-6-15-48)49-16-7-2-8-17-49)58(55)53-38-34-47(35-39-53)45-30-26-43(27-31-45)41-57(50-18-9-3-10-19-50)51-20-11-4-12-21-51/h1-41H,(H2,60,61). The second kappa shape index (κ2) is 17.8. The molecule has 0 aliphatic rings. The zero-order valence-electron chi connectivity index (χ0n) is 33.7. The molecule has 0 aromatic heterocycles. The van der Waals surface area contributed by atoms with Crippen molar-refractivity contribution >= 4 is 29.2 Å². The van der Waals surface area contributed by atoms with Gasteiger partial charge in [0.15, 0.2) is 0 Å². The summed E-state index contributed by atoms with van der Waals surface area (Å²) in [6.45, 7) is 0. The van der Waals surface area contributed by atoms with E-state index in [9.17, 15) is 4.79 Å². The largest absolute Gasteiger partial charge is 0.366 e. The number of nitrogens with two attached hydrogens (primary N) is 1. The van der Waals surface area contributed by atoms with Gasteiger partial charge in [-0.15, -0.1) is 0 Å². The molecule has 9 aromatic rings. The van der Waals surface area contributed by atoms with Gasteiger partial charge in [-0.1, -0.05) is 231 Å². The first-order valence-corrected chi connectivity index (χ1v) is 20.6. The van der Waals surface area contributed by atoms with Crippen molar-refractivity contribution in [1.29, 1.82) is 0 Å². The van der Waals surface area contributed by atoms with Gasteiger partial charge in [-0.05, 0) is 102 Å². The number of carbonyl (C=O) groups is 1. The van der Waals surface area contributed by atoms with Crippen LogP contribution in [0.25, 0.3) is 67.8 Å². The lowest BCUT2D eigenvalue weighted by molar-refractivity contribution is 0.100. The minimum atomic E-state index is -0.455. The van der Waals surface area contributed by atoms with Crippen LogP contribution in [0.4, 0.5) is 0 Å². The van der Waals surface area contributed by atoms with E-state index in [1.807, 2.05) is 36.4 Å². The fourth-order valence-electron chi connectivity index (χ4n) is 8.00. The fourth-order valence-corrected chi connectivity index (χ4v) is 8.00. The number of rotatable bonds is 11. The van der Waals surface area contributed by atoms with Crippen molar-refractivity contribution in [3.8, 4) is 44.5 Å². The molecule has 0 saturated carbocycles. The fraction of sp³-hybridized carbons (Fsp3) is 0. The summed E-state index contributed by atoms with van der Waals surface area (Å²) in [6, 6.07) is 82.1. The number of carbonyl (C=O) groups excluding carboxylic acids is 1. The van der Waals surface area contributed by atoms with Crippen LogP contribution < -0.4 is 5.73 Å². The lowest BCUT2D eigenvalue weighted by atomic mass is 9.88. The van der Waals surface area contributed by atoms with E-state index >= 15 is 0 Å². The minimum absolute atomic E-state index is 0.455. The Labute approximate surface area is 358 Å². The van der Waals surface area contributed by atoms with Crippen molar-refractivity contribution in [2.24, 2.45) is 5.73 Å². The van der Waals surface area contributed by atoms with Gasteiger partial charge in [0.05, 0.1) is 0 Å². The van der Waals surface area contributed by atoms with Crippen LogP contribution in [-0.4, -0.2) is 5.91 Å². The summed E-state index contributed by atoms with van der Waals surface area (Å²) < 4.78 is 0. The Hall–Kier alpha value is -8.07. The molecule has 61 heavy (non-hydrogen) atoms. The van der Waals surface area contributed by atoms with Crippen LogP contribution in [0, 0.1) is 0 Å². The highest BCUT2D eigenvalue weighted by Crippen LogP contribution is 2.37. The van der Waals surface area contributed by atoms with Crippen LogP contribution >= 0.6 is 0 Å². The summed E-state index contributed by atoms with van der Waals surface area (Å²) in [5, 5.41) is 0. The Bertz CT molecular complexity index is 2870. The van der Waals surface area contributed by atoms with Gasteiger partial charge in [0.2, 0.25) is 5.91 Å². The van der Waals surface area contributed by atoms with Gasteiger partial charge in [0.1, 0.15) is 0 Å². The molecule has 0 atom stereocenters. The van der Waals surface area contributed by atoms with Crippen molar-refractivity contribution in [3.05, 3.63) is 276 Å². The topological polar surface area (TPSA) is 43.1 Å². The number of amides is 1. The first-order valence-electron chi connectivity index (χ1n) is 20.6. The van der Waals surface area contributed by atoms with E-state index in [-0.39, 0.29) is 0 Å². The molecule has 0 saturated heterocycles. The third-order valence-electron chi connectivity index (χ3n) is 11.1. The molecule has 0 aliphatic heterocycles. The van der Waals surface area contributed by atoms with E-state index in [2.05, 4.69) is 212 Å². The van der Waals surface area contributed by atoms with Crippen LogP contribution in [-0.2, 0) is 0 Å². The van der Waals surface area contributed by atoms with E-state index in [4.69, 9.17) is 5.73 Å². The van der Waals surface area contributed by atoms with E-state index in [0.717, 1.165) is 55.6 Å². The second-order valence-electron chi connectivity index (χ2n) is 15.1. The van der Waals surface area contributed by atoms with Gasteiger partial charge in [0, 0.05) is 11.1 Å². The Morgan fingerprint density at radius 2 is 0.623 bits per heavy atom. The van der Waals surface area contributed by atoms with Crippen LogP contribution in [0.15, 0.2) is 237 Å². The Kier molecular flexibility index (Phi) is 11.2. The molecule has 0 radical (unpaired) electrons. The molecule has 9 aromatic carbocycles. The third-order valence-corrected chi connectivity index (χ3v) is 11.1. The lowest BCUT2D eigenvalue weighted by Crippen LogP contribution is -2.12. The molecule has 2 N–H and O–H groups in total. The lowest BCUT2D eigenvalue weighted by Gasteiger charge is -2.15. The average molecular weight is 782 g/mol. The van der Waals surface area contributed by atoms with Gasteiger partial charge in [-0.25, -0.2) is 0 Å². The quantitative estimate of drug-likeness (QED) is 0.131. The van der Waals surface area contributed by atoms with Crippen molar-refractivity contribution in [1.82, 2.24) is 0 Å². The van der Waals surface area contributed by atoms with Gasteiger partial charge < -0.3 is 5.73 Å². The molecule has 0 fully saturated rings. The second-order valence-corrected chi connectivity index (χ2v) is 15.1. The van der Waals surface area contributed by atoms with Crippen molar-refractivity contribution in [2.45, 2.75) is 0 Å². The van der Waals surface area contributed by atoms with E-state index in [1.54, 1.807) is 0 Å². The highest BCUT2D eigenvalue weighted by molar-refractivity contribution is 6.04. The molecular weight excluding hydrogens is 739 g/mol. The van der Waals surface area contributed by atoms with Crippen LogP contribution in [0.5, 0.6) is 0 Å². The predicted molar refractivity (Wildman–Crippen MR) is 256 cm³/mol. The molecule has 2 heteroatoms. The Morgan fingerprint density at radius 1 is 0.311 bits per heavy atom. The molecule has 290 valence electrons. The Morgan fingerprint density at radius 3 is 0.967 bits per heavy atom. The highest BCUT2D eigenvalue weighted by Gasteiger charge is 2.17. The van der Waals surface area contributed by atoms with Crippen molar-refractivity contribution < 1.29 is 4.79 Å². The summed E-state index contributed by atoms with van der Waals surface area (Å²) in [7, 11) is 0. The number of hydrogen-bond acceptors (Lipinski definition) is 1. The number of hydrogen-bond donors (Lipinski definition) is 1. The molecule has 1 amide bonds. The maximum atomic E-state index is 12.9. The summed E-state index contributed by atoms with van der Waals surface area (Å²) in [6.07, 6.45) is 4.50. The zero-order chi connectivity index (χ0) is 41.4. The first kappa shape index (κ1) is 38.4. The molecule has 0 aliphatic carbocycles. The molecule has 9 rings (SSSR count). The van der Waals surface area contributed by atoms with E-state index < -0.39 is 5.91 Å². The van der Waals surface area contributed by atoms with E-state index in [0.29, 0.717) is 5.56 Å². The number of benzene rings is 9. The third kappa shape index (κ3) is 8.71. The summed E-state index contributed by atoms with van der Waals surface area (Å²) in [5.74, 6) is -0.455. The minimum Gasteiger partial charge on any atom is -0.366 e. The van der Waals surface area contributed by atoms with Crippen LogP contribution in [0.3, 0.4) is 0 Å². The number of primary amides is 1. The van der Waals surface area contributed by atoms with Crippen molar-refractivity contribution in [2.75, 3.05) is 0 Å². The van der Waals surface area contributed by atoms with Crippen LogP contribution in [0.1, 0.15) is 43.7 Å². The predicted octanol–water partition coefficient (Wildman–Crippen LogP) is 14.6. The molecule has 0 spiro atoms. The summed E-state index contributed by atoms with van der Waals surface area (Å²) in [4.78, 5) is 12.9. The first-order chi connectivity index (χ1) is 30.1. The monoisotopic (exact) mass is 781 g/mol. The molecule has 2 nitrogen and oxygen atoms in total. The normalized spacial score (nSPS) is 10.8. The van der Waals surface area contributed by atoms with E-state index in [1.165, 1.54) is 33.4 Å². The van der Waals surface area contributed by atoms with Gasteiger partial charge in [0.25, 0.3) is 0 Å². The average Bonchev–Trinajstić information content (AvgIpc) is 3.34. The highest BCUT2D eigenvalue weighted by atomic mass is 16.1. The molecular formula is C59H43NO. The SMILES string of the molecule is NC(=O)c1cccc(-c2ccc(-c3ccc(C=C(c4ccccc4)c4ccccc4)cc3)cc2)c1-c1ccc(-c2ccc(C=C(c3ccccc3)c3ccccc3)cc2)cc1. The Balaban J connectivity index is 0.969. The van der Waals surface area contributed by atoms with Gasteiger partial charge in [-0.2, -0.15) is 0 Å². The summed E-state index contributed by atoms with van der Waals surface area (Å²) >= 11 is 0. The summed E-state index contributed by atoms with van der Waals surface area (Å²) in [5.41, 5.74) is 24.0. The molecule has 0 heterocycles. The molecule has 0 unspecified atom stereocenters. The molecule has 0 bridgehead atoms. The van der Waals surface area contributed by atoms with Gasteiger partial charge in [-0.3, -0.25) is 4.79 Å². The van der Waals surface area contributed by atoms with Crippen molar-refractivity contribution in [3.63, 3.8) is 0 Å². The zero-order valence-corrected chi connectivity index (χ0v) is 33.7. The van der Waals surface area contributed by atoms with Gasteiger partial charge >= 0.3 is 0 Å². The maximum Gasteiger partial charge on any atom is 0.249 e. The maximum absolute atomic E-state index is 12.9.